The monoisotopic (exact) mass is 423 g/mol. The number of esters is 1. The average molecular weight is 424 g/mol. The number of nitrogens with zero attached hydrogens (tertiary/aromatic N) is 1. The summed E-state index contributed by atoms with van der Waals surface area (Å²) in [7, 11) is 0. The first-order valence-electron chi connectivity index (χ1n) is 12.8. The van der Waals surface area contributed by atoms with Gasteiger partial charge in [-0.15, -0.1) is 0 Å². The van der Waals surface area contributed by atoms with Crippen molar-refractivity contribution in [1.29, 1.82) is 0 Å². The third-order valence-electron chi connectivity index (χ3n) is 5.48. The van der Waals surface area contributed by atoms with Crippen LogP contribution in [0.5, 0.6) is 0 Å². The van der Waals surface area contributed by atoms with Gasteiger partial charge in [0.05, 0.1) is 6.61 Å². The fraction of sp³-hybridized carbons (Fsp3) is 0.846. The topological polar surface area (TPSA) is 46.6 Å². The van der Waals surface area contributed by atoms with Gasteiger partial charge in [0.1, 0.15) is 0 Å². The van der Waals surface area contributed by atoms with Gasteiger partial charge in [-0.2, -0.15) is 0 Å². The lowest BCUT2D eigenvalue weighted by Gasteiger charge is -2.21. The van der Waals surface area contributed by atoms with E-state index >= 15 is 0 Å². The molecule has 1 amide bonds. The Morgan fingerprint density at radius 3 is 1.53 bits per heavy atom. The van der Waals surface area contributed by atoms with Crippen molar-refractivity contribution in [3.63, 3.8) is 0 Å². The summed E-state index contributed by atoms with van der Waals surface area (Å²) < 4.78 is 5.23. The van der Waals surface area contributed by atoms with Gasteiger partial charge in [-0.1, -0.05) is 104 Å². The van der Waals surface area contributed by atoms with Crippen molar-refractivity contribution in [2.24, 2.45) is 0 Å². The fourth-order valence-corrected chi connectivity index (χ4v) is 3.49. The molecule has 0 aliphatic heterocycles. The van der Waals surface area contributed by atoms with Crippen molar-refractivity contribution in [1.82, 2.24) is 4.90 Å². The second kappa shape index (κ2) is 22.4. The van der Waals surface area contributed by atoms with Crippen LogP contribution in [0.25, 0.3) is 0 Å². The number of carbonyl (C=O) groups excluding carboxylic acids is 2. The highest BCUT2D eigenvalue weighted by molar-refractivity contribution is 5.94. The maximum absolute atomic E-state index is 12.6. The van der Waals surface area contributed by atoms with Crippen molar-refractivity contribution in [2.45, 2.75) is 124 Å². The third kappa shape index (κ3) is 18.7. The van der Waals surface area contributed by atoms with Gasteiger partial charge in [0, 0.05) is 25.2 Å². The van der Waals surface area contributed by atoms with Gasteiger partial charge in [0.25, 0.3) is 0 Å². The van der Waals surface area contributed by atoms with Gasteiger partial charge in [-0.05, 0) is 19.3 Å². The van der Waals surface area contributed by atoms with E-state index in [0.717, 1.165) is 51.6 Å². The molecule has 0 saturated heterocycles. The number of carbonyl (C=O) groups is 2. The summed E-state index contributed by atoms with van der Waals surface area (Å²) in [5.74, 6) is -0.458. The molecule has 0 unspecified atom stereocenters. The highest BCUT2D eigenvalue weighted by Crippen LogP contribution is 2.08. The molecule has 0 radical (unpaired) electrons. The van der Waals surface area contributed by atoms with Crippen molar-refractivity contribution >= 4 is 11.9 Å². The molecule has 176 valence electrons. The molecule has 4 nitrogen and oxygen atoms in total. The predicted molar refractivity (Wildman–Crippen MR) is 128 cm³/mol. The molecule has 0 spiro atoms. The van der Waals surface area contributed by atoms with E-state index in [0.29, 0.717) is 6.61 Å². The lowest BCUT2D eigenvalue weighted by molar-refractivity contribution is -0.138. The summed E-state index contributed by atoms with van der Waals surface area (Å²) in [4.78, 5) is 26.4. The molecule has 0 rings (SSSR count). The minimum atomic E-state index is -0.400. The number of hydrogen-bond donors (Lipinski definition) is 0. The Bertz CT molecular complexity index is 420. The largest absolute Gasteiger partial charge is 0.463 e. The minimum absolute atomic E-state index is 0.0579. The zero-order chi connectivity index (χ0) is 22.3. The Morgan fingerprint density at radius 2 is 1.03 bits per heavy atom. The van der Waals surface area contributed by atoms with Crippen LogP contribution in [0.2, 0.25) is 0 Å². The summed E-state index contributed by atoms with van der Waals surface area (Å²) in [6.07, 6.45) is 21.5. The molecule has 4 heteroatoms. The molecule has 0 N–H and O–H groups in total. The number of ether oxygens (including phenoxy) is 1. The molecular weight excluding hydrogens is 374 g/mol. The molecule has 0 aromatic heterocycles. The molecule has 0 aliphatic carbocycles. The van der Waals surface area contributed by atoms with E-state index in [4.69, 9.17) is 4.74 Å². The molecule has 0 aromatic carbocycles. The number of hydrogen-bond acceptors (Lipinski definition) is 3. The maximum atomic E-state index is 12.6. The van der Waals surface area contributed by atoms with Gasteiger partial charge >= 0.3 is 5.97 Å². The van der Waals surface area contributed by atoms with Crippen LogP contribution in [0.3, 0.4) is 0 Å². The first-order valence-corrected chi connectivity index (χ1v) is 12.8. The summed E-state index contributed by atoms with van der Waals surface area (Å²) in [5.41, 5.74) is 0. The zero-order valence-corrected chi connectivity index (χ0v) is 20.3. The summed E-state index contributed by atoms with van der Waals surface area (Å²) in [6.45, 7) is 8.64. The average Bonchev–Trinajstić information content (AvgIpc) is 2.75. The van der Waals surface area contributed by atoms with E-state index in [1.165, 1.54) is 76.4 Å². The van der Waals surface area contributed by atoms with E-state index < -0.39 is 5.97 Å². The van der Waals surface area contributed by atoms with Gasteiger partial charge in [0.15, 0.2) is 0 Å². The van der Waals surface area contributed by atoms with E-state index in [-0.39, 0.29) is 5.91 Å². The van der Waals surface area contributed by atoms with Crippen LogP contribution in [0, 0.1) is 0 Å². The SMILES string of the molecule is CCCCCCCCOC(=O)/C=C/C(=O)N(CCCCCCC)CCCCCCC. The third-order valence-corrected chi connectivity index (χ3v) is 5.48. The van der Waals surface area contributed by atoms with Gasteiger partial charge < -0.3 is 9.64 Å². The second-order valence-corrected chi connectivity index (χ2v) is 8.42. The van der Waals surface area contributed by atoms with Gasteiger partial charge in [0.2, 0.25) is 5.91 Å². The molecule has 0 aliphatic rings. The Labute approximate surface area is 186 Å². The van der Waals surface area contributed by atoms with E-state index in [1.807, 2.05) is 4.90 Å². The molecule has 0 heterocycles. The van der Waals surface area contributed by atoms with E-state index in [9.17, 15) is 9.59 Å². The molecule has 0 saturated carbocycles. The van der Waals surface area contributed by atoms with Crippen molar-refractivity contribution in [3.05, 3.63) is 12.2 Å². The molecule has 30 heavy (non-hydrogen) atoms. The minimum Gasteiger partial charge on any atom is -0.463 e. The summed E-state index contributed by atoms with van der Waals surface area (Å²) in [6, 6.07) is 0. The van der Waals surface area contributed by atoms with Crippen molar-refractivity contribution in [3.8, 4) is 0 Å². The molecule has 0 fully saturated rings. The second-order valence-electron chi connectivity index (χ2n) is 8.42. The molecule has 0 aromatic rings. The summed E-state index contributed by atoms with van der Waals surface area (Å²) >= 11 is 0. The van der Waals surface area contributed by atoms with Crippen molar-refractivity contribution < 1.29 is 14.3 Å². The number of amides is 1. The first-order chi connectivity index (χ1) is 14.7. The van der Waals surface area contributed by atoms with Gasteiger partial charge in [-0.3, -0.25) is 4.79 Å². The van der Waals surface area contributed by atoms with Gasteiger partial charge in [-0.25, -0.2) is 4.79 Å². The Balaban J connectivity index is 4.24. The Morgan fingerprint density at radius 1 is 0.600 bits per heavy atom. The number of rotatable bonds is 21. The van der Waals surface area contributed by atoms with E-state index in [1.54, 1.807) is 0 Å². The van der Waals surface area contributed by atoms with Crippen LogP contribution in [0.1, 0.15) is 124 Å². The molecule has 0 atom stereocenters. The first kappa shape index (κ1) is 28.7. The predicted octanol–water partition coefficient (Wildman–Crippen LogP) is 7.22. The van der Waals surface area contributed by atoms with Crippen LogP contribution < -0.4 is 0 Å². The molecular formula is C26H49NO3. The summed E-state index contributed by atoms with van der Waals surface area (Å²) in [5, 5.41) is 0. The van der Waals surface area contributed by atoms with Crippen LogP contribution >= 0.6 is 0 Å². The number of unbranched alkanes of at least 4 members (excludes halogenated alkanes) is 13. The lowest BCUT2D eigenvalue weighted by Crippen LogP contribution is -2.31. The lowest BCUT2D eigenvalue weighted by atomic mass is 10.1. The normalized spacial score (nSPS) is 11.2. The Hall–Kier alpha value is -1.32. The van der Waals surface area contributed by atoms with Crippen LogP contribution in [-0.2, 0) is 14.3 Å². The zero-order valence-electron chi connectivity index (χ0n) is 20.3. The quantitative estimate of drug-likeness (QED) is 0.111. The highest BCUT2D eigenvalue weighted by atomic mass is 16.5. The van der Waals surface area contributed by atoms with Crippen LogP contribution in [0.15, 0.2) is 12.2 Å². The smallest absolute Gasteiger partial charge is 0.330 e. The maximum Gasteiger partial charge on any atom is 0.330 e. The standard InChI is InChI=1S/C26H49NO3/c1-4-7-10-13-16-19-24-30-26(29)21-20-25(28)27(22-17-14-11-8-5-2)23-18-15-12-9-6-3/h20-21H,4-19,22-24H2,1-3H3/b21-20+. The van der Waals surface area contributed by atoms with Crippen LogP contribution in [0.4, 0.5) is 0 Å². The highest BCUT2D eigenvalue weighted by Gasteiger charge is 2.11. The van der Waals surface area contributed by atoms with E-state index in [2.05, 4.69) is 20.8 Å². The Kier molecular flexibility index (Phi) is 21.4. The molecule has 0 bridgehead atoms. The van der Waals surface area contributed by atoms with Crippen LogP contribution in [-0.4, -0.2) is 36.5 Å². The fourth-order valence-electron chi connectivity index (χ4n) is 3.49. The van der Waals surface area contributed by atoms with Crippen molar-refractivity contribution in [2.75, 3.05) is 19.7 Å².